The lowest BCUT2D eigenvalue weighted by Crippen LogP contribution is -2.35. The van der Waals surface area contributed by atoms with E-state index in [0.717, 1.165) is 18.4 Å². The molecule has 0 aliphatic carbocycles. The van der Waals surface area contributed by atoms with Crippen LogP contribution in [0.1, 0.15) is 45.3 Å². The van der Waals surface area contributed by atoms with Crippen molar-refractivity contribution in [3.05, 3.63) is 23.8 Å². The Morgan fingerprint density at radius 2 is 2.05 bits per heavy atom. The third kappa shape index (κ3) is 5.63. The largest absolute Gasteiger partial charge is 0.493 e. The Labute approximate surface area is 126 Å². The van der Waals surface area contributed by atoms with E-state index < -0.39 is 6.10 Å². The minimum Gasteiger partial charge on any atom is -0.493 e. The average Bonchev–Trinajstić information content (AvgIpc) is 2.44. The summed E-state index contributed by atoms with van der Waals surface area (Å²) in [6.45, 7) is 5.67. The molecule has 0 aliphatic rings. The molecule has 1 rings (SSSR count). The summed E-state index contributed by atoms with van der Waals surface area (Å²) >= 11 is 0. The molecule has 0 saturated carbocycles. The molecule has 1 unspecified atom stereocenters. The fourth-order valence-electron chi connectivity index (χ4n) is 2.03. The van der Waals surface area contributed by atoms with Crippen molar-refractivity contribution in [2.75, 3.05) is 13.7 Å². The molecule has 5 nitrogen and oxygen atoms in total. The normalized spacial score (nSPS) is 13.4. The molecular formula is C16H25NO4. The average molecular weight is 295 g/mol. The first-order chi connectivity index (χ1) is 9.97. The quantitative estimate of drug-likeness (QED) is 0.773. The van der Waals surface area contributed by atoms with Crippen LogP contribution < -0.4 is 14.8 Å². The summed E-state index contributed by atoms with van der Waals surface area (Å²) in [7, 11) is 1.53. The Kier molecular flexibility index (Phi) is 7.02. The highest BCUT2D eigenvalue weighted by atomic mass is 16.5. The van der Waals surface area contributed by atoms with Gasteiger partial charge in [-0.3, -0.25) is 4.79 Å². The first kappa shape index (κ1) is 17.3. The van der Waals surface area contributed by atoms with Crippen molar-refractivity contribution in [1.29, 1.82) is 0 Å². The zero-order valence-electron chi connectivity index (χ0n) is 13.2. The standard InChI is InChI=1S/C16H25NO4/c1-5-6-11(2)17-16(19)10-21-14-8-7-13(12(3)18)9-15(14)20-4/h7-9,11-12,18H,5-6,10H2,1-4H3,(H,17,19)/t11?,12-/m1/s1. The van der Waals surface area contributed by atoms with Gasteiger partial charge in [0.2, 0.25) is 0 Å². The van der Waals surface area contributed by atoms with Gasteiger partial charge >= 0.3 is 0 Å². The van der Waals surface area contributed by atoms with E-state index in [1.165, 1.54) is 7.11 Å². The Morgan fingerprint density at radius 3 is 2.62 bits per heavy atom. The molecule has 21 heavy (non-hydrogen) atoms. The topological polar surface area (TPSA) is 67.8 Å². The summed E-state index contributed by atoms with van der Waals surface area (Å²) in [4.78, 5) is 11.8. The van der Waals surface area contributed by atoms with Gasteiger partial charge in [0.05, 0.1) is 13.2 Å². The predicted molar refractivity (Wildman–Crippen MR) is 81.6 cm³/mol. The number of hydrogen-bond donors (Lipinski definition) is 2. The first-order valence-corrected chi connectivity index (χ1v) is 7.26. The highest BCUT2D eigenvalue weighted by molar-refractivity contribution is 5.77. The van der Waals surface area contributed by atoms with Gasteiger partial charge < -0.3 is 19.9 Å². The number of rotatable bonds is 8. The molecule has 1 aromatic rings. The smallest absolute Gasteiger partial charge is 0.258 e. The van der Waals surface area contributed by atoms with Crippen LogP contribution in [0.15, 0.2) is 18.2 Å². The molecule has 0 bridgehead atoms. The minimum atomic E-state index is -0.578. The summed E-state index contributed by atoms with van der Waals surface area (Å²) in [5.41, 5.74) is 0.736. The summed E-state index contributed by atoms with van der Waals surface area (Å²) in [5.74, 6) is 0.834. The second-order valence-corrected chi connectivity index (χ2v) is 5.13. The van der Waals surface area contributed by atoms with Crippen LogP contribution in [0.4, 0.5) is 0 Å². The van der Waals surface area contributed by atoms with Crippen LogP contribution in [-0.4, -0.2) is 30.8 Å². The molecule has 0 radical (unpaired) electrons. The molecule has 0 aromatic heterocycles. The van der Waals surface area contributed by atoms with E-state index in [0.29, 0.717) is 11.5 Å². The van der Waals surface area contributed by atoms with Crippen LogP contribution in [0.2, 0.25) is 0 Å². The lowest BCUT2D eigenvalue weighted by Gasteiger charge is -2.15. The molecule has 0 aliphatic heterocycles. The highest BCUT2D eigenvalue weighted by Crippen LogP contribution is 2.30. The molecule has 2 atom stereocenters. The molecule has 0 spiro atoms. The van der Waals surface area contributed by atoms with Gasteiger partial charge in [-0.1, -0.05) is 19.4 Å². The van der Waals surface area contributed by atoms with E-state index in [1.807, 2.05) is 6.92 Å². The number of hydrogen-bond acceptors (Lipinski definition) is 4. The number of amides is 1. The molecule has 1 amide bonds. The number of methoxy groups -OCH3 is 1. The lowest BCUT2D eigenvalue weighted by molar-refractivity contribution is -0.123. The molecule has 118 valence electrons. The molecule has 0 saturated heterocycles. The molecule has 2 N–H and O–H groups in total. The van der Waals surface area contributed by atoms with Crippen LogP contribution in [0, 0.1) is 0 Å². The maximum absolute atomic E-state index is 11.8. The number of aliphatic hydroxyl groups excluding tert-OH is 1. The molecule has 0 heterocycles. The number of nitrogens with one attached hydrogen (secondary N) is 1. The first-order valence-electron chi connectivity index (χ1n) is 7.26. The molecular weight excluding hydrogens is 270 g/mol. The van der Waals surface area contributed by atoms with Crippen LogP contribution in [0.3, 0.4) is 0 Å². The van der Waals surface area contributed by atoms with Crippen LogP contribution in [0.5, 0.6) is 11.5 Å². The summed E-state index contributed by atoms with van der Waals surface area (Å²) in [5, 5.41) is 12.4. The number of ether oxygens (including phenoxy) is 2. The monoisotopic (exact) mass is 295 g/mol. The van der Waals surface area contributed by atoms with Crippen LogP contribution in [0.25, 0.3) is 0 Å². The summed E-state index contributed by atoms with van der Waals surface area (Å²) < 4.78 is 10.7. The lowest BCUT2D eigenvalue weighted by atomic mass is 10.1. The zero-order chi connectivity index (χ0) is 15.8. The second-order valence-electron chi connectivity index (χ2n) is 5.13. The third-order valence-electron chi connectivity index (χ3n) is 3.16. The van der Waals surface area contributed by atoms with Gasteiger partial charge in [-0.25, -0.2) is 0 Å². The maximum Gasteiger partial charge on any atom is 0.258 e. The van der Waals surface area contributed by atoms with Crippen molar-refractivity contribution in [1.82, 2.24) is 5.32 Å². The SMILES string of the molecule is CCCC(C)NC(=O)COc1ccc([C@@H](C)O)cc1OC. The van der Waals surface area contributed by atoms with Gasteiger partial charge in [0.25, 0.3) is 5.91 Å². The van der Waals surface area contributed by atoms with E-state index in [9.17, 15) is 9.90 Å². The number of benzene rings is 1. The Bertz CT molecular complexity index is 460. The van der Waals surface area contributed by atoms with Crippen LogP contribution in [-0.2, 0) is 4.79 Å². The van der Waals surface area contributed by atoms with Crippen molar-refractivity contribution in [3.8, 4) is 11.5 Å². The Balaban J connectivity index is 2.60. The van der Waals surface area contributed by atoms with Crippen molar-refractivity contribution < 1.29 is 19.4 Å². The van der Waals surface area contributed by atoms with Crippen molar-refractivity contribution >= 4 is 5.91 Å². The van der Waals surface area contributed by atoms with E-state index >= 15 is 0 Å². The van der Waals surface area contributed by atoms with E-state index in [-0.39, 0.29) is 18.6 Å². The second kappa shape index (κ2) is 8.52. The fourth-order valence-corrected chi connectivity index (χ4v) is 2.03. The van der Waals surface area contributed by atoms with E-state index in [4.69, 9.17) is 9.47 Å². The maximum atomic E-state index is 11.8. The van der Waals surface area contributed by atoms with Gasteiger partial charge in [-0.15, -0.1) is 0 Å². The minimum absolute atomic E-state index is 0.0571. The van der Waals surface area contributed by atoms with Gasteiger partial charge in [0, 0.05) is 6.04 Å². The van der Waals surface area contributed by atoms with Crippen molar-refractivity contribution in [2.45, 2.75) is 45.8 Å². The van der Waals surface area contributed by atoms with Gasteiger partial charge in [0.1, 0.15) is 0 Å². The van der Waals surface area contributed by atoms with Gasteiger partial charge in [0.15, 0.2) is 18.1 Å². The van der Waals surface area contributed by atoms with Gasteiger partial charge in [-0.2, -0.15) is 0 Å². The van der Waals surface area contributed by atoms with E-state index in [1.54, 1.807) is 25.1 Å². The van der Waals surface area contributed by atoms with Gasteiger partial charge in [-0.05, 0) is 38.0 Å². The number of aliphatic hydroxyl groups is 1. The highest BCUT2D eigenvalue weighted by Gasteiger charge is 2.11. The fraction of sp³-hybridized carbons (Fsp3) is 0.562. The van der Waals surface area contributed by atoms with Crippen LogP contribution >= 0.6 is 0 Å². The number of carbonyl (C=O) groups is 1. The molecule has 0 fully saturated rings. The van der Waals surface area contributed by atoms with E-state index in [2.05, 4.69) is 12.2 Å². The van der Waals surface area contributed by atoms with Crippen molar-refractivity contribution in [3.63, 3.8) is 0 Å². The summed E-state index contributed by atoms with van der Waals surface area (Å²) in [6.07, 6.45) is 1.39. The number of carbonyl (C=O) groups excluding carboxylic acids is 1. The summed E-state index contributed by atoms with van der Waals surface area (Å²) in [6, 6.07) is 5.30. The van der Waals surface area contributed by atoms with Crippen molar-refractivity contribution in [2.24, 2.45) is 0 Å². The Morgan fingerprint density at radius 1 is 1.33 bits per heavy atom. The molecule has 1 aromatic carbocycles. The third-order valence-corrected chi connectivity index (χ3v) is 3.16. The molecule has 5 heteroatoms. The Hall–Kier alpha value is -1.75. The zero-order valence-corrected chi connectivity index (χ0v) is 13.2. The predicted octanol–water partition coefficient (Wildman–Crippen LogP) is 2.43.